The summed E-state index contributed by atoms with van der Waals surface area (Å²) in [5, 5.41) is 63.6. The zero-order chi connectivity index (χ0) is 20.1. The van der Waals surface area contributed by atoms with E-state index < -0.39 is 60.9 Å². The summed E-state index contributed by atoms with van der Waals surface area (Å²) in [5.41, 5.74) is -2.74. The first-order valence-corrected chi connectivity index (χ1v) is 5.37. The number of carbonyl (C=O) groups is 6. The summed E-state index contributed by atoms with van der Waals surface area (Å²) in [4.78, 5) is 57.8. The molecule has 0 fully saturated rings. The van der Waals surface area contributed by atoms with E-state index in [9.17, 15) is 14.4 Å². The third kappa shape index (κ3) is 16.8. The average molecular weight is 358 g/mol. The highest BCUT2D eigenvalue weighted by molar-refractivity contribution is 6.27. The van der Waals surface area contributed by atoms with Crippen LogP contribution in [0.2, 0.25) is 0 Å². The smallest absolute Gasteiger partial charge is 0.414 e. The predicted octanol–water partition coefficient (Wildman–Crippen LogP) is -3.03. The van der Waals surface area contributed by atoms with E-state index >= 15 is 0 Å². The molecule has 0 saturated carbocycles. The lowest BCUT2D eigenvalue weighted by molar-refractivity contribution is -0.170. The van der Waals surface area contributed by atoms with Crippen LogP contribution in [-0.4, -0.2) is 88.9 Å². The molecule has 0 aliphatic rings. The second-order valence-corrected chi connectivity index (χ2v) is 3.64. The largest absolute Gasteiger partial charge is 0.481 e. The van der Waals surface area contributed by atoms with Gasteiger partial charge in [-0.2, -0.15) is 0 Å². The lowest BCUT2D eigenvalue weighted by Crippen LogP contribution is -2.42. The van der Waals surface area contributed by atoms with Crippen LogP contribution in [0.1, 0.15) is 12.8 Å². The molecule has 0 amide bonds. The van der Waals surface area contributed by atoms with Gasteiger partial charge in [0.05, 0.1) is 12.8 Å². The van der Waals surface area contributed by atoms with E-state index in [1.54, 1.807) is 0 Å². The van der Waals surface area contributed by atoms with Gasteiger partial charge in [-0.05, 0) is 0 Å². The van der Waals surface area contributed by atoms with Gasteiger partial charge in [0.1, 0.15) is 6.61 Å². The van der Waals surface area contributed by atoms with Crippen molar-refractivity contribution in [1.29, 1.82) is 0 Å². The Kier molecular flexibility index (Phi) is 13.2. The maximum absolute atomic E-state index is 10.3. The first-order chi connectivity index (χ1) is 10.7. The maximum atomic E-state index is 10.3. The number of hydrogen-bond donors (Lipinski definition) is 8. The van der Waals surface area contributed by atoms with Gasteiger partial charge in [0.25, 0.3) is 0 Å². The summed E-state index contributed by atoms with van der Waals surface area (Å²) in [6.07, 6.45) is -2.29. The second kappa shape index (κ2) is 12.3. The molecule has 0 radical (unpaired) electrons. The first kappa shape index (κ1) is 25.7. The van der Waals surface area contributed by atoms with Gasteiger partial charge < -0.3 is 40.9 Å². The third-order valence-electron chi connectivity index (χ3n) is 1.60. The number of carboxylic acid groups (broad SMARTS) is 6. The van der Waals surface area contributed by atoms with Crippen LogP contribution in [0.3, 0.4) is 0 Å². The quantitative estimate of drug-likeness (QED) is 0.219. The van der Waals surface area contributed by atoms with Gasteiger partial charge in [0.15, 0.2) is 5.60 Å². The van der Waals surface area contributed by atoms with E-state index in [2.05, 4.69) is 0 Å². The highest BCUT2D eigenvalue weighted by Gasteiger charge is 2.40. The molecule has 0 bridgehead atoms. The third-order valence-corrected chi connectivity index (χ3v) is 1.60. The van der Waals surface area contributed by atoms with Crippen molar-refractivity contribution in [1.82, 2.24) is 0 Å². The van der Waals surface area contributed by atoms with Crippen molar-refractivity contribution >= 4 is 35.8 Å². The van der Waals surface area contributed by atoms with Crippen molar-refractivity contribution in [3.63, 3.8) is 0 Å². The van der Waals surface area contributed by atoms with Gasteiger partial charge in [-0.3, -0.25) is 9.59 Å². The SMILES string of the molecule is O=C(O)C(=O)O.O=C(O)CC(O)(CC(=O)O)C(=O)O.O=C(O)CO. The molecule has 0 aliphatic carbocycles. The van der Waals surface area contributed by atoms with Gasteiger partial charge in [0.2, 0.25) is 0 Å². The number of aliphatic hydroxyl groups is 2. The lowest BCUT2D eigenvalue weighted by Gasteiger charge is -2.18. The van der Waals surface area contributed by atoms with E-state index in [4.69, 9.17) is 55.2 Å². The van der Waals surface area contributed by atoms with Gasteiger partial charge in [-0.15, -0.1) is 0 Å². The minimum absolute atomic E-state index is 0.778. The second-order valence-electron chi connectivity index (χ2n) is 3.64. The Morgan fingerprint density at radius 3 is 0.958 bits per heavy atom. The van der Waals surface area contributed by atoms with Crippen LogP contribution in [0.15, 0.2) is 0 Å². The van der Waals surface area contributed by atoms with Crippen LogP contribution in [-0.2, 0) is 28.8 Å². The van der Waals surface area contributed by atoms with E-state index in [-0.39, 0.29) is 0 Å². The topological polar surface area (TPSA) is 264 Å². The van der Waals surface area contributed by atoms with Crippen LogP contribution in [0.25, 0.3) is 0 Å². The zero-order valence-electron chi connectivity index (χ0n) is 11.6. The van der Waals surface area contributed by atoms with E-state index in [1.807, 2.05) is 0 Å². The monoisotopic (exact) mass is 358 g/mol. The lowest BCUT2D eigenvalue weighted by atomic mass is 9.96. The molecule has 14 heteroatoms. The standard InChI is InChI=1S/C6H8O7.C2H2O4.C2H4O3/c7-3(8)1-6(13,5(11)12)2-4(9)10;3-1(4)2(5)6;3-1-2(4)5/h13H,1-2H2,(H,7,8)(H,9,10)(H,11,12);(H,3,4)(H,5,6);3H,1H2,(H,4,5). The van der Waals surface area contributed by atoms with Crippen molar-refractivity contribution < 1.29 is 69.6 Å². The van der Waals surface area contributed by atoms with Crippen molar-refractivity contribution in [3.8, 4) is 0 Å². The fraction of sp³-hybridized carbons (Fsp3) is 0.400. The van der Waals surface area contributed by atoms with Gasteiger partial charge >= 0.3 is 35.8 Å². The molecule has 8 N–H and O–H groups in total. The van der Waals surface area contributed by atoms with Gasteiger partial charge in [-0.1, -0.05) is 0 Å². The van der Waals surface area contributed by atoms with Gasteiger partial charge in [0, 0.05) is 0 Å². The Bertz CT molecular complexity index is 464. The first-order valence-electron chi connectivity index (χ1n) is 5.37. The Labute approximate surface area is 131 Å². The average Bonchev–Trinajstić information content (AvgIpc) is 2.37. The molecular weight excluding hydrogens is 344 g/mol. The van der Waals surface area contributed by atoms with Crippen LogP contribution >= 0.6 is 0 Å². The number of rotatable bonds is 6. The summed E-state index contributed by atoms with van der Waals surface area (Å²) >= 11 is 0. The molecule has 0 rings (SSSR count). The minimum atomic E-state index is -2.74. The zero-order valence-corrected chi connectivity index (χ0v) is 11.6. The Balaban J connectivity index is -0.000000332. The van der Waals surface area contributed by atoms with Crippen molar-refractivity contribution in [2.75, 3.05) is 6.61 Å². The fourth-order valence-electron chi connectivity index (χ4n) is 0.714. The van der Waals surface area contributed by atoms with Gasteiger partial charge in [-0.25, -0.2) is 19.2 Å². The maximum Gasteiger partial charge on any atom is 0.414 e. The molecular formula is C10H14O14. The van der Waals surface area contributed by atoms with Crippen LogP contribution in [0.4, 0.5) is 0 Å². The highest BCUT2D eigenvalue weighted by atomic mass is 16.4. The molecule has 0 heterocycles. The van der Waals surface area contributed by atoms with E-state index in [0.717, 1.165) is 0 Å². The van der Waals surface area contributed by atoms with Crippen molar-refractivity contribution in [2.24, 2.45) is 0 Å². The molecule has 0 saturated heterocycles. The molecule has 14 nitrogen and oxygen atoms in total. The molecule has 138 valence electrons. The van der Waals surface area contributed by atoms with E-state index in [0.29, 0.717) is 0 Å². The van der Waals surface area contributed by atoms with Crippen LogP contribution in [0.5, 0.6) is 0 Å². The number of carboxylic acids is 6. The van der Waals surface area contributed by atoms with Crippen LogP contribution in [0, 0.1) is 0 Å². The Morgan fingerprint density at radius 1 is 0.625 bits per heavy atom. The number of aliphatic hydroxyl groups excluding tert-OH is 1. The summed E-state index contributed by atoms with van der Waals surface area (Å²) < 4.78 is 0. The number of hydrogen-bond acceptors (Lipinski definition) is 8. The molecule has 0 unspecified atom stereocenters. The van der Waals surface area contributed by atoms with Crippen molar-refractivity contribution in [3.05, 3.63) is 0 Å². The Morgan fingerprint density at radius 2 is 0.875 bits per heavy atom. The molecule has 0 aromatic rings. The summed E-state index contributed by atoms with van der Waals surface area (Å²) in [6, 6.07) is 0. The van der Waals surface area contributed by atoms with Crippen molar-refractivity contribution in [2.45, 2.75) is 18.4 Å². The van der Waals surface area contributed by atoms with E-state index in [1.165, 1.54) is 0 Å². The summed E-state index contributed by atoms with van der Waals surface area (Å²) in [7, 11) is 0. The normalized spacial score (nSPS) is 9.25. The minimum Gasteiger partial charge on any atom is -0.481 e. The summed E-state index contributed by atoms with van der Waals surface area (Å²) in [6.45, 7) is -0.778. The molecule has 24 heavy (non-hydrogen) atoms. The highest BCUT2D eigenvalue weighted by Crippen LogP contribution is 2.15. The Hall–Kier alpha value is -3.26. The summed E-state index contributed by atoms with van der Waals surface area (Å²) in [5.74, 6) is -9.86. The predicted molar refractivity (Wildman–Crippen MR) is 67.1 cm³/mol. The molecule has 0 aromatic heterocycles. The fourth-order valence-corrected chi connectivity index (χ4v) is 0.714. The van der Waals surface area contributed by atoms with Crippen LogP contribution < -0.4 is 0 Å². The molecule has 0 aromatic carbocycles. The molecule has 0 aliphatic heterocycles. The molecule has 0 spiro atoms. The number of aliphatic carboxylic acids is 6. The molecule has 0 atom stereocenters.